The number of hydrogen-bond acceptors (Lipinski definition) is 5. The van der Waals surface area contributed by atoms with Crippen molar-refractivity contribution in [2.45, 2.75) is 4.90 Å². The Balaban J connectivity index is 2.24. The number of aromatic nitrogens is 2. The molecule has 5 heteroatoms. The lowest BCUT2D eigenvalue weighted by Gasteiger charge is -2.02. The number of rotatable bonds is 3. The Morgan fingerprint density at radius 3 is 2.29 bits per heavy atom. The van der Waals surface area contributed by atoms with Gasteiger partial charge in [0.15, 0.2) is 6.19 Å². The Kier molecular flexibility index (Phi) is 3.58. The summed E-state index contributed by atoms with van der Waals surface area (Å²) in [7, 11) is 0. The molecule has 0 aliphatic carbocycles. The van der Waals surface area contributed by atoms with Gasteiger partial charge in [0.2, 0.25) is 5.95 Å². The lowest BCUT2D eigenvalue weighted by atomic mass is 10.1. The van der Waals surface area contributed by atoms with Crippen molar-refractivity contribution in [3.05, 3.63) is 36.7 Å². The Morgan fingerprint density at radius 1 is 1.12 bits per heavy atom. The molecular formula is C12H10N4S. The molecule has 0 unspecified atom stereocenters. The second-order valence-corrected chi connectivity index (χ2v) is 4.14. The highest BCUT2D eigenvalue weighted by Crippen LogP contribution is 2.22. The second kappa shape index (κ2) is 5.32. The van der Waals surface area contributed by atoms with Crippen molar-refractivity contribution >= 4 is 17.7 Å². The third kappa shape index (κ3) is 2.74. The molecule has 0 bridgehead atoms. The van der Waals surface area contributed by atoms with Crippen molar-refractivity contribution in [1.29, 1.82) is 5.26 Å². The van der Waals surface area contributed by atoms with Crippen molar-refractivity contribution < 1.29 is 0 Å². The van der Waals surface area contributed by atoms with Crippen LogP contribution in [0.2, 0.25) is 0 Å². The van der Waals surface area contributed by atoms with Gasteiger partial charge in [-0.05, 0) is 24.0 Å². The zero-order valence-electron chi connectivity index (χ0n) is 9.21. The maximum atomic E-state index is 8.42. The van der Waals surface area contributed by atoms with Crippen LogP contribution in [0.4, 0.5) is 5.95 Å². The van der Waals surface area contributed by atoms with Crippen LogP contribution in [0, 0.1) is 11.5 Å². The quantitative estimate of drug-likeness (QED) is 0.509. The van der Waals surface area contributed by atoms with Gasteiger partial charge in [0.25, 0.3) is 0 Å². The Hall–Kier alpha value is -2.06. The predicted octanol–water partition coefficient (Wildman–Crippen LogP) is 2.76. The van der Waals surface area contributed by atoms with E-state index in [9.17, 15) is 0 Å². The van der Waals surface area contributed by atoms with Gasteiger partial charge < -0.3 is 0 Å². The van der Waals surface area contributed by atoms with Crippen LogP contribution < -0.4 is 5.32 Å². The topological polar surface area (TPSA) is 61.6 Å². The fourth-order valence-electron chi connectivity index (χ4n) is 1.38. The molecule has 0 saturated heterocycles. The number of nitriles is 1. The molecule has 2 rings (SSSR count). The molecule has 0 spiro atoms. The molecule has 0 aliphatic rings. The van der Waals surface area contributed by atoms with Gasteiger partial charge in [-0.15, -0.1) is 11.8 Å². The maximum Gasteiger partial charge on any atom is 0.236 e. The molecule has 1 N–H and O–H groups in total. The van der Waals surface area contributed by atoms with Crippen LogP contribution in [-0.2, 0) is 0 Å². The largest absolute Gasteiger partial charge is 0.261 e. The summed E-state index contributed by atoms with van der Waals surface area (Å²) in [6, 6.07) is 8.17. The van der Waals surface area contributed by atoms with E-state index in [0.717, 1.165) is 11.1 Å². The van der Waals surface area contributed by atoms with Crippen LogP contribution >= 0.6 is 11.8 Å². The first-order valence-electron chi connectivity index (χ1n) is 4.95. The fraction of sp³-hybridized carbons (Fsp3) is 0.0833. The minimum absolute atomic E-state index is 0.317. The van der Waals surface area contributed by atoms with Crippen molar-refractivity contribution in [1.82, 2.24) is 9.97 Å². The smallest absolute Gasteiger partial charge is 0.236 e. The van der Waals surface area contributed by atoms with Gasteiger partial charge in [-0.1, -0.05) is 12.1 Å². The number of benzene rings is 1. The first-order valence-corrected chi connectivity index (χ1v) is 6.17. The molecule has 0 aliphatic heterocycles. The van der Waals surface area contributed by atoms with E-state index in [-0.39, 0.29) is 0 Å². The molecule has 1 aromatic heterocycles. The SMILES string of the molecule is CSc1ccc(-c2cnc(NC#N)nc2)cc1. The molecule has 84 valence electrons. The second-order valence-electron chi connectivity index (χ2n) is 3.26. The zero-order chi connectivity index (χ0) is 12.1. The van der Waals surface area contributed by atoms with E-state index in [0.29, 0.717) is 5.95 Å². The molecular weight excluding hydrogens is 232 g/mol. The van der Waals surface area contributed by atoms with Crippen LogP contribution in [0.1, 0.15) is 0 Å². The van der Waals surface area contributed by atoms with Crippen molar-refractivity contribution in [3.8, 4) is 17.3 Å². The summed E-state index contributed by atoms with van der Waals surface area (Å²) in [6.07, 6.45) is 7.21. The summed E-state index contributed by atoms with van der Waals surface area (Å²) in [5.74, 6) is 0.317. The Labute approximate surface area is 104 Å². The van der Waals surface area contributed by atoms with Crippen LogP contribution in [0.15, 0.2) is 41.6 Å². The van der Waals surface area contributed by atoms with Crippen molar-refractivity contribution in [2.24, 2.45) is 0 Å². The number of thioether (sulfide) groups is 1. The van der Waals surface area contributed by atoms with Crippen LogP contribution in [-0.4, -0.2) is 16.2 Å². The molecule has 0 atom stereocenters. The van der Waals surface area contributed by atoms with Gasteiger partial charge in [0, 0.05) is 22.9 Å². The maximum absolute atomic E-state index is 8.42. The van der Waals surface area contributed by atoms with E-state index in [1.807, 2.05) is 18.4 Å². The van der Waals surface area contributed by atoms with Crippen LogP contribution in [0.3, 0.4) is 0 Å². The number of nitrogens with zero attached hydrogens (tertiary/aromatic N) is 3. The summed E-state index contributed by atoms with van der Waals surface area (Å²) >= 11 is 1.70. The zero-order valence-corrected chi connectivity index (χ0v) is 10.0. The highest BCUT2D eigenvalue weighted by Gasteiger charge is 2.00. The Morgan fingerprint density at radius 2 is 1.76 bits per heavy atom. The average Bonchev–Trinajstić information content (AvgIpc) is 2.40. The summed E-state index contributed by atoms with van der Waals surface area (Å²) < 4.78 is 0. The molecule has 17 heavy (non-hydrogen) atoms. The highest BCUT2D eigenvalue weighted by atomic mass is 32.2. The van der Waals surface area contributed by atoms with Crippen molar-refractivity contribution in [2.75, 3.05) is 11.6 Å². The van der Waals surface area contributed by atoms with Gasteiger partial charge >= 0.3 is 0 Å². The van der Waals surface area contributed by atoms with E-state index >= 15 is 0 Å². The molecule has 4 nitrogen and oxygen atoms in total. The normalized spacial score (nSPS) is 9.65. The molecule has 2 aromatic rings. The lowest BCUT2D eigenvalue weighted by molar-refractivity contribution is 1.17. The molecule has 0 saturated carbocycles. The van der Waals surface area contributed by atoms with Gasteiger partial charge in [-0.3, -0.25) is 5.32 Å². The van der Waals surface area contributed by atoms with Gasteiger partial charge in [0.05, 0.1) is 0 Å². The number of hydrogen-bond donors (Lipinski definition) is 1. The first kappa shape index (κ1) is 11.4. The van der Waals surface area contributed by atoms with E-state index in [4.69, 9.17) is 5.26 Å². The van der Waals surface area contributed by atoms with Gasteiger partial charge in [-0.25, -0.2) is 9.97 Å². The summed E-state index contributed by atoms with van der Waals surface area (Å²) in [4.78, 5) is 9.29. The summed E-state index contributed by atoms with van der Waals surface area (Å²) in [5, 5.41) is 10.8. The molecule has 1 aromatic carbocycles. The van der Waals surface area contributed by atoms with Crippen LogP contribution in [0.25, 0.3) is 11.1 Å². The lowest BCUT2D eigenvalue weighted by Crippen LogP contribution is -1.94. The van der Waals surface area contributed by atoms with E-state index in [1.165, 1.54) is 4.90 Å². The first-order chi connectivity index (χ1) is 8.33. The number of nitrogens with one attached hydrogen (secondary N) is 1. The Bertz CT molecular complexity index is 528. The third-order valence-electron chi connectivity index (χ3n) is 2.24. The highest BCUT2D eigenvalue weighted by molar-refractivity contribution is 7.98. The van der Waals surface area contributed by atoms with E-state index < -0.39 is 0 Å². The average molecular weight is 242 g/mol. The minimum atomic E-state index is 0.317. The minimum Gasteiger partial charge on any atom is -0.261 e. The molecule has 1 heterocycles. The summed E-state index contributed by atoms with van der Waals surface area (Å²) in [5.41, 5.74) is 1.99. The third-order valence-corrected chi connectivity index (χ3v) is 2.99. The fourth-order valence-corrected chi connectivity index (χ4v) is 1.78. The van der Waals surface area contributed by atoms with Gasteiger partial charge in [-0.2, -0.15) is 5.26 Å². The summed E-state index contributed by atoms with van der Waals surface area (Å²) in [6.45, 7) is 0. The molecule has 0 amide bonds. The van der Waals surface area contributed by atoms with E-state index in [2.05, 4.69) is 27.4 Å². The molecule has 0 fully saturated rings. The van der Waals surface area contributed by atoms with Gasteiger partial charge in [0.1, 0.15) is 0 Å². The molecule has 0 radical (unpaired) electrons. The predicted molar refractivity (Wildman–Crippen MR) is 68.5 cm³/mol. The van der Waals surface area contributed by atoms with E-state index in [1.54, 1.807) is 30.3 Å². The monoisotopic (exact) mass is 242 g/mol. The number of anilines is 1. The van der Waals surface area contributed by atoms with Crippen LogP contribution in [0.5, 0.6) is 0 Å². The van der Waals surface area contributed by atoms with Crippen molar-refractivity contribution in [3.63, 3.8) is 0 Å². The standard InChI is InChI=1S/C12H10N4S/c1-17-11-4-2-9(3-5-11)10-6-14-12(15-7-10)16-8-13/h2-7H,1H3,(H,14,15,16).